The third-order valence-electron chi connectivity index (χ3n) is 3.70. The van der Waals surface area contributed by atoms with E-state index in [1.165, 1.54) is 20.5 Å². The molecule has 0 unspecified atom stereocenters. The molecule has 1 aromatic heterocycles. The largest absolute Gasteiger partial charge is 0.308 e. The number of halogens is 1. The van der Waals surface area contributed by atoms with Crippen LogP contribution in [0.1, 0.15) is 29.9 Å². The van der Waals surface area contributed by atoms with Crippen LogP contribution in [-0.2, 0) is 19.6 Å². The molecule has 21 heavy (non-hydrogen) atoms. The maximum atomic E-state index is 3.58. The van der Waals surface area contributed by atoms with Gasteiger partial charge in [0.1, 0.15) is 0 Å². The van der Waals surface area contributed by atoms with Gasteiger partial charge in [-0.25, -0.2) is 0 Å². The highest BCUT2D eigenvalue weighted by molar-refractivity contribution is 9.10. The van der Waals surface area contributed by atoms with Crippen molar-refractivity contribution in [3.8, 4) is 0 Å². The van der Waals surface area contributed by atoms with E-state index in [1.807, 2.05) is 0 Å². The van der Waals surface area contributed by atoms with Crippen molar-refractivity contribution in [2.45, 2.75) is 33.5 Å². The molecule has 0 aliphatic carbocycles. The van der Waals surface area contributed by atoms with Gasteiger partial charge < -0.3 is 5.32 Å². The standard InChI is InChI=1S/C17H23BrN2S/c1-3-20(4-2)13-15-8-6-5-7-14(15)11-19-12-17-16(18)9-10-21-17/h5-10,19H,3-4,11-13H2,1-2H3. The van der Waals surface area contributed by atoms with Crippen LogP contribution in [0.4, 0.5) is 0 Å². The zero-order chi connectivity index (χ0) is 15.1. The first kappa shape index (κ1) is 16.7. The summed E-state index contributed by atoms with van der Waals surface area (Å²) in [4.78, 5) is 3.81. The van der Waals surface area contributed by atoms with Crippen molar-refractivity contribution in [2.75, 3.05) is 13.1 Å². The van der Waals surface area contributed by atoms with Crippen molar-refractivity contribution in [3.63, 3.8) is 0 Å². The first-order valence-electron chi connectivity index (χ1n) is 7.46. The average molecular weight is 367 g/mol. The van der Waals surface area contributed by atoms with Gasteiger partial charge in [-0.1, -0.05) is 38.1 Å². The maximum absolute atomic E-state index is 3.58. The Kier molecular flexibility index (Phi) is 6.90. The predicted octanol–water partition coefficient (Wildman–Crippen LogP) is 4.64. The highest BCUT2D eigenvalue weighted by Crippen LogP contribution is 2.22. The van der Waals surface area contributed by atoms with Gasteiger partial charge in [0, 0.05) is 29.0 Å². The number of thiophene rings is 1. The van der Waals surface area contributed by atoms with Gasteiger partial charge in [0.05, 0.1) is 0 Å². The lowest BCUT2D eigenvalue weighted by Gasteiger charge is -2.20. The van der Waals surface area contributed by atoms with Crippen molar-refractivity contribution in [3.05, 3.63) is 56.2 Å². The van der Waals surface area contributed by atoms with Crippen molar-refractivity contribution < 1.29 is 0 Å². The summed E-state index contributed by atoms with van der Waals surface area (Å²) >= 11 is 5.37. The molecule has 1 aromatic carbocycles. The van der Waals surface area contributed by atoms with Gasteiger partial charge in [0.25, 0.3) is 0 Å². The molecule has 114 valence electrons. The number of hydrogen-bond donors (Lipinski definition) is 1. The molecule has 2 aromatic rings. The van der Waals surface area contributed by atoms with Crippen LogP contribution in [0.3, 0.4) is 0 Å². The molecule has 0 saturated carbocycles. The van der Waals surface area contributed by atoms with E-state index in [0.717, 1.165) is 32.7 Å². The second kappa shape index (κ2) is 8.69. The van der Waals surface area contributed by atoms with Gasteiger partial charge in [-0.15, -0.1) is 11.3 Å². The molecule has 0 aliphatic rings. The van der Waals surface area contributed by atoms with E-state index in [4.69, 9.17) is 0 Å². The normalized spacial score (nSPS) is 11.2. The average Bonchev–Trinajstić information content (AvgIpc) is 2.91. The van der Waals surface area contributed by atoms with Gasteiger partial charge in [-0.05, 0) is 51.6 Å². The van der Waals surface area contributed by atoms with Crippen LogP contribution in [-0.4, -0.2) is 18.0 Å². The third-order valence-corrected chi connectivity index (χ3v) is 5.63. The summed E-state index contributed by atoms with van der Waals surface area (Å²) in [6.07, 6.45) is 0. The zero-order valence-electron chi connectivity index (χ0n) is 12.7. The molecule has 0 spiro atoms. The Morgan fingerprint density at radius 1 is 1.05 bits per heavy atom. The number of hydrogen-bond acceptors (Lipinski definition) is 3. The van der Waals surface area contributed by atoms with Crippen LogP contribution in [0.5, 0.6) is 0 Å². The molecule has 1 heterocycles. The zero-order valence-corrected chi connectivity index (χ0v) is 15.1. The summed E-state index contributed by atoms with van der Waals surface area (Å²) in [5, 5.41) is 5.68. The van der Waals surface area contributed by atoms with E-state index >= 15 is 0 Å². The van der Waals surface area contributed by atoms with E-state index in [1.54, 1.807) is 11.3 Å². The molecule has 0 aliphatic heterocycles. The first-order chi connectivity index (χ1) is 10.2. The summed E-state index contributed by atoms with van der Waals surface area (Å²) < 4.78 is 1.21. The van der Waals surface area contributed by atoms with Gasteiger partial charge in [-0.2, -0.15) is 0 Å². The quantitative estimate of drug-likeness (QED) is 0.731. The SMILES string of the molecule is CCN(CC)Cc1ccccc1CNCc1sccc1Br. The lowest BCUT2D eigenvalue weighted by molar-refractivity contribution is 0.294. The molecule has 1 N–H and O–H groups in total. The number of benzene rings is 1. The second-order valence-corrected chi connectivity index (χ2v) is 6.88. The fourth-order valence-corrected chi connectivity index (χ4v) is 3.80. The second-order valence-electron chi connectivity index (χ2n) is 5.03. The Hall–Kier alpha value is -0.680. The van der Waals surface area contributed by atoms with E-state index in [0.29, 0.717) is 0 Å². The third kappa shape index (κ3) is 4.92. The van der Waals surface area contributed by atoms with E-state index < -0.39 is 0 Å². The number of nitrogens with one attached hydrogen (secondary N) is 1. The summed E-state index contributed by atoms with van der Waals surface area (Å²) in [6, 6.07) is 10.9. The molecule has 0 radical (unpaired) electrons. The minimum atomic E-state index is 0.915. The lowest BCUT2D eigenvalue weighted by atomic mass is 10.1. The van der Waals surface area contributed by atoms with Gasteiger partial charge in [-0.3, -0.25) is 4.90 Å². The lowest BCUT2D eigenvalue weighted by Crippen LogP contribution is -2.23. The molecular weight excluding hydrogens is 344 g/mol. The molecule has 2 rings (SSSR count). The predicted molar refractivity (Wildman–Crippen MR) is 95.6 cm³/mol. The minimum absolute atomic E-state index is 0.915. The Bertz CT molecular complexity index is 549. The molecule has 0 saturated heterocycles. The van der Waals surface area contributed by atoms with E-state index in [2.05, 4.69) is 75.7 Å². The molecule has 0 fully saturated rings. The molecule has 0 amide bonds. The highest BCUT2D eigenvalue weighted by atomic mass is 79.9. The number of nitrogens with zero attached hydrogens (tertiary/aromatic N) is 1. The van der Waals surface area contributed by atoms with Crippen molar-refractivity contribution >= 4 is 27.3 Å². The van der Waals surface area contributed by atoms with Gasteiger partial charge >= 0.3 is 0 Å². The summed E-state index contributed by atoms with van der Waals surface area (Å²) in [7, 11) is 0. The van der Waals surface area contributed by atoms with Crippen molar-refractivity contribution in [1.29, 1.82) is 0 Å². The summed E-state index contributed by atoms with van der Waals surface area (Å²) in [5.74, 6) is 0. The van der Waals surface area contributed by atoms with Crippen molar-refractivity contribution in [2.24, 2.45) is 0 Å². The number of rotatable bonds is 8. The van der Waals surface area contributed by atoms with Crippen LogP contribution >= 0.6 is 27.3 Å². The maximum Gasteiger partial charge on any atom is 0.0327 e. The molecular formula is C17H23BrN2S. The molecule has 0 bridgehead atoms. The first-order valence-corrected chi connectivity index (χ1v) is 9.13. The van der Waals surface area contributed by atoms with E-state index in [9.17, 15) is 0 Å². The summed E-state index contributed by atoms with van der Waals surface area (Å²) in [6.45, 7) is 9.51. The Morgan fingerprint density at radius 3 is 2.38 bits per heavy atom. The molecule has 4 heteroatoms. The van der Waals surface area contributed by atoms with Crippen LogP contribution < -0.4 is 5.32 Å². The van der Waals surface area contributed by atoms with Crippen LogP contribution in [0.25, 0.3) is 0 Å². The molecule has 0 atom stereocenters. The van der Waals surface area contributed by atoms with Gasteiger partial charge in [0.2, 0.25) is 0 Å². The monoisotopic (exact) mass is 366 g/mol. The smallest absolute Gasteiger partial charge is 0.0327 e. The summed E-state index contributed by atoms with van der Waals surface area (Å²) in [5.41, 5.74) is 2.83. The van der Waals surface area contributed by atoms with Gasteiger partial charge in [0.15, 0.2) is 0 Å². The highest BCUT2D eigenvalue weighted by Gasteiger charge is 2.06. The van der Waals surface area contributed by atoms with Crippen LogP contribution in [0.2, 0.25) is 0 Å². The Morgan fingerprint density at radius 2 is 1.76 bits per heavy atom. The Labute approximate surface area is 140 Å². The Balaban J connectivity index is 1.95. The fourth-order valence-electron chi connectivity index (χ4n) is 2.33. The minimum Gasteiger partial charge on any atom is -0.308 e. The van der Waals surface area contributed by atoms with Crippen molar-refractivity contribution in [1.82, 2.24) is 10.2 Å². The van der Waals surface area contributed by atoms with E-state index in [-0.39, 0.29) is 0 Å². The fraction of sp³-hybridized carbons (Fsp3) is 0.412. The topological polar surface area (TPSA) is 15.3 Å². The molecule has 2 nitrogen and oxygen atoms in total. The van der Waals surface area contributed by atoms with Crippen LogP contribution in [0.15, 0.2) is 40.2 Å². The van der Waals surface area contributed by atoms with Crippen LogP contribution in [0, 0.1) is 0 Å².